The van der Waals surface area contributed by atoms with Crippen LogP contribution in [-0.4, -0.2) is 59.7 Å². The predicted molar refractivity (Wildman–Crippen MR) is 68.2 cm³/mol. The molecule has 0 aromatic carbocycles. The second-order valence-corrected chi connectivity index (χ2v) is 5.06. The number of rotatable bonds is 6. The van der Waals surface area contributed by atoms with Gasteiger partial charge in [0, 0.05) is 62.0 Å². The van der Waals surface area contributed by atoms with Gasteiger partial charge in [-0.2, -0.15) is 0 Å². The van der Waals surface area contributed by atoms with Gasteiger partial charge in [0.25, 0.3) is 0 Å². The van der Waals surface area contributed by atoms with E-state index in [9.17, 15) is 4.79 Å². The lowest BCUT2D eigenvalue weighted by molar-refractivity contribution is -0.123. The number of piperazine rings is 1. The van der Waals surface area contributed by atoms with E-state index in [0.717, 1.165) is 32.7 Å². The van der Waals surface area contributed by atoms with Crippen molar-refractivity contribution in [3.63, 3.8) is 0 Å². The molecule has 1 saturated heterocycles. The summed E-state index contributed by atoms with van der Waals surface area (Å²) in [4.78, 5) is 13.3. The highest BCUT2D eigenvalue weighted by molar-refractivity contribution is 14.1. The molecule has 0 unspecified atom stereocenters. The first-order chi connectivity index (χ1) is 7.22. The Bertz CT molecular complexity index is 194. The molecule has 1 fully saturated rings. The number of carbonyl (C=O) groups is 1. The highest BCUT2D eigenvalue weighted by Crippen LogP contribution is 2.05. The number of ether oxygens (including phenoxy) is 1. The van der Waals surface area contributed by atoms with Gasteiger partial charge in [-0.05, 0) is 0 Å². The maximum Gasteiger partial charge on any atom is 0.158 e. The molecule has 0 aromatic rings. The lowest BCUT2D eigenvalue weighted by atomic mass is 10.3. The van der Waals surface area contributed by atoms with Gasteiger partial charge in [0.05, 0.1) is 6.61 Å². The Morgan fingerprint density at radius 3 is 2.60 bits per heavy atom. The minimum Gasteiger partial charge on any atom is -0.372 e. The molecule has 0 spiro atoms. The van der Waals surface area contributed by atoms with Gasteiger partial charge in [0.2, 0.25) is 0 Å². The van der Waals surface area contributed by atoms with E-state index in [4.69, 9.17) is 4.74 Å². The molecular formula is C10H19IN2O2. The van der Waals surface area contributed by atoms with E-state index in [1.54, 1.807) is 0 Å². The highest BCUT2D eigenvalue weighted by Gasteiger charge is 2.13. The van der Waals surface area contributed by atoms with Crippen LogP contribution in [-0.2, 0) is 9.53 Å². The smallest absolute Gasteiger partial charge is 0.158 e. The van der Waals surface area contributed by atoms with E-state index >= 15 is 0 Å². The molecule has 0 aliphatic carbocycles. The number of Topliss-reactive ketones (excluding diaryl/α,β-unsaturated/α-hetero) is 1. The van der Waals surface area contributed by atoms with Crippen molar-refractivity contribution in [3.05, 3.63) is 0 Å². The summed E-state index contributed by atoms with van der Waals surface area (Å²) in [6.07, 6.45) is 0.577. The molecule has 0 amide bonds. The van der Waals surface area contributed by atoms with Crippen LogP contribution in [0.3, 0.4) is 0 Å². The number of ketones is 1. The molecule has 15 heavy (non-hydrogen) atoms. The molecular weight excluding hydrogens is 307 g/mol. The zero-order chi connectivity index (χ0) is 11.1. The molecule has 4 nitrogen and oxygen atoms in total. The number of hydrogen-bond donors (Lipinski definition) is 0. The van der Waals surface area contributed by atoms with Crippen molar-refractivity contribution < 1.29 is 9.53 Å². The lowest BCUT2D eigenvalue weighted by Gasteiger charge is -2.30. The van der Waals surface area contributed by atoms with Crippen LogP contribution in [0.25, 0.3) is 0 Å². The number of halogens is 1. The fourth-order valence-electron chi connectivity index (χ4n) is 1.43. The zero-order valence-corrected chi connectivity index (χ0v) is 11.4. The zero-order valence-electron chi connectivity index (χ0n) is 9.25. The molecule has 5 heteroatoms. The quantitative estimate of drug-likeness (QED) is 0.413. The van der Waals surface area contributed by atoms with E-state index in [1.165, 1.54) is 0 Å². The van der Waals surface area contributed by atoms with Crippen LogP contribution in [0.15, 0.2) is 0 Å². The fraction of sp³-hybridized carbons (Fsp3) is 0.900. The third-order valence-corrected chi connectivity index (χ3v) is 3.49. The molecule has 0 radical (unpaired) electrons. The summed E-state index contributed by atoms with van der Waals surface area (Å²) in [6.45, 7) is 8.22. The van der Waals surface area contributed by atoms with Crippen LogP contribution in [0.1, 0.15) is 13.3 Å². The summed E-state index contributed by atoms with van der Waals surface area (Å²) in [5.41, 5.74) is 0. The molecule has 0 atom stereocenters. The Balaban J connectivity index is 1.98. The summed E-state index contributed by atoms with van der Waals surface area (Å²) in [7, 11) is 0. The second-order valence-electron chi connectivity index (χ2n) is 3.70. The van der Waals surface area contributed by atoms with Crippen molar-refractivity contribution in [3.8, 4) is 0 Å². The van der Waals surface area contributed by atoms with Gasteiger partial charge in [0.15, 0.2) is 5.78 Å². The topological polar surface area (TPSA) is 32.8 Å². The molecule has 0 saturated carbocycles. The summed E-state index contributed by atoms with van der Waals surface area (Å²) < 4.78 is 7.61. The van der Waals surface area contributed by atoms with Gasteiger partial charge in [-0.3, -0.25) is 9.69 Å². The summed E-state index contributed by atoms with van der Waals surface area (Å²) in [6, 6.07) is 0. The molecule has 1 aliphatic rings. The van der Waals surface area contributed by atoms with Gasteiger partial charge in [0.1, 0.15) is 6.61 Å². The van der Waals surface area contributed by atoms with E-state index in [1.807, 2.05) is 6.92 Å². The summed E-state index contributed by atoms with van der Waals surface area (Å²) >= 11 is 2.36. The number of hydrogen-bond acceptors (Lipinski definition) is 4. The van der Waals surface area contributed by atoms with Crippen LogP contribution >= 0.6 is 22.9 Å². The van der Waals surface area contributed by atoms with Crippen molar-refractivity contribution >= 4 is 28.6 Å². The molecule has 0 bridgehead atoms. The minimum atomic E-state index is 0.187. The molecule has 0 N–H and O–H groups in total. The molecule has 88 valence electrons. The first kappa shape index (κ1) is 13.3. The van der Waals surface area contributed by atoms with Crippen LogP contribution < -0.4 is 0 Å². The maximum absolute atomic E-state index is 11.0. The van der Waals surface area contributed by atoms with Gasteiger partial charge in [-0.15, -0.1) is 0 Å². The van der Waals surface area contributed by atoms with Crippen LogP contribution in [0.5, 0.6) is 0 Å². The van der Waals surface area contributed by atoms with Gasteiger partial charge in [-0.25, -0.2) is 3.11 Å². The van der Waals surface area contributed by atoms with Crippen molar-refractivity contribution in [2.24, 2.45) is 0 Å². The van der Waals surface area contributed by atoms with Crippen molar-refractivity contribution in [2.45, 2.75) is 13.3 Å². The standard InChI is InChI=1S/C10H19IN2O2/c1-2-10(14)9-15-8-7-12-3-5-13(11)6-4-12/h2-9H2,1H3. The predicted octanol–water partition coefficient (Wildman–Crippen LogP) is 0.950. The second kappa shape index (κ2) is 7.54. The Kier molecular flexibility index (Phi) is 6.71. The van der Waals surface area contributed by atoms with E-state index in [0.29, 0.717) is 13.0 Å². The maximum atomic E-state index is 11.0. The molecule has 1 aliphatic heterocycles. The van der Waals surface area contributed by atoms with E-state index in [-0.39, 0.29) is 12.4 Å². The Morgan fingerprint density at radius 1 is 1.33 bits per heavy atom. The Labute approximate surface area is 105 Å². The van der Waals surface area contributed by atoms with Crippen molar-refractivity contribution in [1.82, 2.24) is 8.01 Å². The van der Waals surface area contributed by atoms with Crippen LogP contribution in [0, 0.1) is 0 Å². The lowest BCUT2D eigenvalue weighted by Crippen LogP contribution is -2.43. The highest BCUT2D eigenvalue weighted by atomic mass is 127. The largest absolute Gasteiger partial charge is 0.372 e. The fourth-order valence-corrected chi connectivity index (χ4v) is 1.86. The first-order valence-electron chi connectivity index (χ1n) is 5.45. The van der Waals surface area contributed by atoms with Gasteiger partial charge >= 0.3 is 0 Å². The SMILES string of the molecule is CCC(=O)COCCN1CCN(I)CC1. The third kappa shape index (κ3) is 5.79. The average Bonchev–Trinajstić information content (AvgIpc) is 2.26. The molecule has 0 aromatic heterocycles. The number of carbonyl (C=O) groups excluding carboxylic acids is 1. The van der Waals surface area contributed by atoms with Crippen molar-refractivity contribution in [1.29, 1.82) is 0 Å². The number of nitrogens with zero attached hydrogens (tertiary/aromatic N) is 2. The van der Waals surface area contributed by atoms with E-state index in [2.05, 4.69) is 30.9 Å². The van der Waals surface area contributed by atoms with Gasteiger partial charge in [-0.1, -0.05) is 6.92 Å². The summed E-state index contributed by atoms with van der Waals surface area (Å²) in [5.74, 6) is 0.187. The van der Waals surface area contributed by atoms with Crippen LogP contribution in [0.4, 0.5) is 0 Å². The molecule has 1 rings (SSSR count). The average molecular weight is 326 g/mol. The van der Waals surface area contributed by atoms with Crippen LogP contribution in [0.2, 0.25) is 0 Å². The molecule has 1 heterocycles. The van der Waals surface area contributed by atoms with Gasteiger partial charge < -0.3 is 4.74 Å². The monoisotopic (exact) mass is 326 g/mol. The Hall–Kier alpha value is 0.280. The minimum absolute atomic E-state index is 0.187. The Morgan fingerprint density at radius 2 is 2.00 bits per heavy atom. The first-order valence-corrected chi connectivity index (χ1v) is 6.41. The van der Waals surface area contributed by atoms with E-state index < -0.39 is 0 Å². The van der Waals surface area contributed by atoms with Crippen molar-refractivity contribution in [2.75, 3.05) is 45.9 Å². The third-order valence-electron chi connectivity index (χ3n) is 2.53. The summed E-state index contributed by atoms with van der Waals surface area (Å²) in [5, 5.41) is 0. The normalized spacial score (nSPS) is 19.3.